The van der Waals surface area contributed by atoms with E-state index in [-0.39, 0.29) is 0 Å². The van der Waals surface area contributed by atoms with Crippen molar-refractivity contribution in [1.82, 2.24) is 4.98 Å². The molecule has 1 rings (SSSR count). The van der Waals surface area contributed by atoms with Gasteiger partial charge in [0.2, 0.25) is 0 Å². The van der Waals surface area contributed by atoms with E-state index in [0.717, 1.165) is 11.8 Å². The van der Waals surface area contributed by atoms with Crippen LogP contribution in [0.3, 0.4) is 0 Å². The normalized spacial score (nSPS) is 10.5. The number of carboxylic acids is 1. The van der Waals surface area contributed by atoms with Crippen molar-refractivity contribution in [3.05, 3.63) is 40.7 Å². The second-order valence-corrected chi connectivity index (χ2v) is 4.43. The predicted molar refractivity (Wildman–Crippen MR) is 69.2 cm³/mol. The Kier molecular flexibility index (Phi) is 4.90. The maximum atomic E-state index is 10.5. The lowest BCUT2D eigenvalue weighted by Crippen LogP contribution is -2.00. The topological polar surface area (TPSA) is 59.4 Å². The molecule has 90 valence electrons. The molecule has 0 spiro atoms. The molecule has 17 heavy (non-hydrogen) atoms. The summed E-state index contributed by atoms with van der Waals surface area (Å²) in [4.78, 5) is 14.7. The number of rotatable bonds is 5. The largest absolute Gasteiger partial charge is 0.486 e. The Morgan fingerprint density at radius 1 is 1.65 bits per heavy atom. The number of hydrogen-bond acceptors (Lipinski definition) is 3. The summed E-state index contributed by atoms with van der Waals surface area (Å²) >= 11 is 3.18. The van der Waals surface area contributed by atoms with Gasteiger partial charge >= 0.3 is 5.97 Å². The van der Waals surface area contributed by atoms with E-state index in [9.17, 15) is 4.79 Å². The Hall–Kier alpha value is -1.62. The molecule has 1 N–H and O–H groups in total. The molecule has 1 heterocycles. The molecule has 0 amide bonds. The van der Waals surface area contributed by atoms with Gasteiger partial charge in [0.25, 0.3) is 0 Å². The Labute approximate surface area is 108 Å². The van der Waals surface area contributed by atoms with Gasteiger partial charge in [0.1, 0.15) is 18.1 Å². The first-order chi connectivity index (χ1) is 7.99. The van der Waals surface area contributed by atoms with Crippen molar-refractivity contribution in [2.75, 3.05) is 6.61 Å². The summed E-state index contributed by atoms with van der Waals surface area (Å²) in [5.74, 6) is -0.502. The lowest BCUT2D eigenvalue weighted by molar-refractivity contribution is -0.131. The third-order valence-electron chi connectivity index (χ3n) is 1.79. The molecule has 0 atom stereocenters. The number of nitrogens with zero attached hydrogens (tertiary/aromatic N) is 1. The van der Waals surface area contributed by atoms with E-state index < -0.39 is 5.97 Å². The highest BCUT2D eigenvalue weighted by Gasteiger charge is 2.04. The molecule has 0 unspecified atom stereocenters. The number of aliphatic carboxylic acids is 1. The van der Waals surface area contributed by atoms with Crippen molar-refractivity contribution in [1.29, 1.82) is 0 Å². The van der Waals surface area contributed by atoms with E-state index in [1.807, 2.05) is 6.92 Å². The highest BCUT2D eigenvalue weighted by molar-refractivity contribution is 9.11. The highest BCUT2D eigenvalue weighted by Crippen LogP contribution is 2.19. The van der Waals surface area contributed by atoms with Gasteiger partial charge in [0.15, 0.2) is 0 Å². The van der Waals surface area contributed by atoms with Crippen LogP contribution < -0.4 is 4.74 Å². The SMILES string of the molecule is C=C(Br)COc1ccc(C)nc1C=CC(=O)O. The quantitative estimate of drug-likeness (QED) is 0.849. The zero-order chi connectivity index (χ0) is 12.8. The molecule has 1 aromatic rings. The van der Waals surface area contributed by atoms with Crippen molar-refractivity contribution in [2.24, 2.45) is 0 Å². The van der Waals surface area contributed by atoms with E-state index >= 15 is 0 Å². The zero-order valence-corrected chi connectivity index (χ0v) is 10.9. The number of halogens is 1. The van der Waals surface area contributed by atoms with Crippen LogP contribution in [0.2, 0.25) is 0 Å². The molecular formula is C12H12BrNO3. The number of carbonyl (C=O) groups is 1. The van der Waals surface area contributed by atoms with Crippen LogP contribution in [-0.2, 0) is 4.79 Å². The van der Waals surface area contributed by atoms with Crippen LogP contribution in [0.5, 0.6) is 5.75 Å². The summed E-state index contributed by atoms with van der Waals surface area (Å²) in [7, 11) is 0. The predicted octanol–water partition coefficient (Wildman–Crippen LogP) is 2.78. The average molecular weight is 298 g/mol. The molecule has 0 radical (unpaired) electrons. The molecule has 1 aromatic heterocycles. The van der Waals surface area contributed by atoms with Gasteiger partial charge in [-0.1, -0.05) is 22.5 Å². The standard InChI is InChI=1S/C12H12BrNO3/c1-8(13)7-17-11-5-3-9(2)14-10(11)4-6-12(15)16/h3-6H,1,7H2,2H3,(H,15,16). The van der Waals surface area contributed by atoms with Crippen LogP contribution >= 0.6 is 15.9 Å². The third-order valence-corrected chi connectivity index (χ3v) is 2.02. The Balaban J connectivity index is 2.95. The van der Waals surface area contributed by atoms with Crippen LogP contribution in [0.4, 0.5) is 0 Å². The fourth-order valence-corrected chi connectivity index (χ4v) is 1.23. The summed E-state index contributed by atoms with van der Waals surface area (Å²) < 4.78 is 6.13. The average Bonchev–Trinajstić information content (AvgIpc) is 2.24. The Morgan fingerprint density at radius 2 is 2.35 bits per heavy atom. The van der Waals surface area contributed by atoms with E-state index in [1.54, 1.807) is 12.1 Å². The van der Waals surface area contributed by atoms with Crippen molar-refractivity contribution < 1.29 is 14.6 Å². The van der Waals surface area contributed by atoms with Crippen LogP contribution in [0.1, 0.15) is 11.4 Å². The molecule has 5 heteroatoms. The zero-order valence-electron chi connectivity index (χ0n) is 9.31. The third kappa shape index (κ3) is 4.82. The van der Waals surface area contributed by atoms with Gasteiger partial charge in [0, 0.05) is 16.3 Å². The second-order valence-electron chi connectivity index (χ2n) is 3.31. The number of carboxylic acid groups (broad SMARTS) is 1. The van der Waals surface area contributed by atoms with Crippen molar-refractivity contribution in [3.8, 4) is 5.75 Å². The number of hydrogen-bond donors (Lipinski definition) is 1. The van der Waals surface area contributed by atoms with Crippen molar-refractivity contribution >= 4 is 28.0 Å². The maximum absolute atomic E-state index is 10.5. The summed E-state index contributed by atoms with van der Waals surface area (Å²) in [6.45, 7) is 5.78. The van der Waals surface area contributed by atoms with Gasteiger partial charge in [-0.2, -0.15) is 0 Å². The summed E-state index contributed by atoms with van der Waals surface area (Å²) in [5.41, 5.74) is 1.28. The van der Waals surface area contributed by atoms with Gasteiger partial charge < -0.3 is 9.84 Å². The van der Waals surface area contributed by atoms with Gasteiger partial charge in [-0.05, 0) is 25.1 Å². The van der Waals surface area contributed by atoms with Crippen molar-refractivity contribution in [2.45, 2.75) is 6.92 Å². The van der Waals surface area contributed by atoms with Gasteiger partial charge in [0.05, 0.1) is 0 Å². The molecule has 0 saturated carbocycles. The van der Waals surface area contributed by atoms with Crippen molar-refractivity contribution in [3.63, 3.8) is 0 Å². The Morgan fingerprint density at radius 3 is 2.94 bits per heavy atom. The minimum Gasteiger partial charge on any atom is -0.486 e. The molecule has 4 nitrogen and oxygen atoms in total. The molecule has 0 aromatic carbocycles. The smallest absolute Gasteiger partial charge is 0.328 e. The molecule has 0 bridgehead atoms. The number of pyridine rings is 1. The monoisotopic (exact) mass is 297 g/mol. The lowest BCUT2D eigenvalue weighted by atomic mass is 10.2. The molecule has 0 saturated heterocycles. The second kappa shape index (κ2) is 6.20. The van der Waals surface area contributed by atoms with E-state index in [1.165, 1.54) is 6.08 Å². The fourth-order valence-electron chi connectivity index (χ4n) is 1.11. The van der Waals surface area contributed by atoms with Gasteiger partial charge in [-0.15, -0.1) is 0 Å². The van der Waals surface area contributed by atoms with Crippen LogP contribution in [-0.4, -0.2) is 22.7 Å². The number of ether oxygens (including phenoxy) is 1. The lowest BCUT2D eigenvalue weighted by Gasteiger charge is -2.08. The van der Waals surface area contributed by atoms with Gasteiger partial charge in [-0.3, -0.25) is 0 Å². The molecule has 0 aliphatic heterocycles. The molecular weight excluding hydrogens is 286 g/mol. The van der Waals surface area contributed by atoms with E-state index in [0.29, 0.717) is 22.5 Å². The number of aryl methyl sites for hydroxylation is 1. The fraction of sp³-hybridized carbons (Fsp3) is 0.167. The first-order valence-electron chi connectivity index (χ1n) is 4.84. The van der Waals surface area contributed by atoms with Gasteiger partial charge in [-0.25, -0.2) is 9.78 Å². The minimum atomic E-state index is -1.02. The molecule has 0 aliphatic rings. The summed E-state index contributed by atoms with van der Waals surface area (Å²) in [5, 5.41) is 8.58. The first kappa shape index (κ1) is 13.4. The van der Waals surface area contributed by atoms with E-state index in [4.69, 9.17) is 9.84 Å². The number of aromatic nitrogens is 1. The summed E-state index contributed by atoms with van der Waals surface area (Å²) in [6, 6.07) is 3.55. The minimum absolute atomic E-state index is 0.304. The molecule has 0 aliphatic carbocycles. The summed E-state index contributed by atoms with van der Waals surface area (Å²) in [6.07, 6.45) is 2.43. The van der Waals surface area contributed by atoms with E-state index in [2.05, 4.69) is 27.5 Å². The van der Waals surface area contributed by atoms with Crippen LogP contribution in [0, 0.1) is 6.92 Å². The maximum Gasteiger partial charge on any atom is 0.328 e. The van der Waals surface area contributed by atoms with Crippen LogP contribution in [0.15, 0.2) is 29.3 Å². The molecule has 0 fully saturated rings. The van der Waals surface area contributed by atoms with Crippen LogP contribution in [0.25, 0.3) is 6.08 Å². The highest BCUT2D eigenvalue weighted by atomic mass is 79.9. The Bertz CT molecular complexity index is 469. The first-order valence-corrected chi connectivity index (χ1v) is 5.63.